The van der Waals surface area contributed by atoms with Crippen molar-refractivity contribution in [2.24, 2.45) is 0 Å². The molecule has 0 bridgehead atoms. The number of benzene rings is 1. The first-order valence-electron chi connectivity index (χ1n) is 9.99. The molecule has 3 heterocycles. The van der Waals surface area contributed by atoms with Crippen molar-refractivity contribution >= 4 is 29.0 Å². The maximum atomic E-state index is 10.8. The summed E-state index contributed by atoms with van der Waals surface area (Å²) in [7, 11) is 0. The van der Waals surface area contributed by atoms with Gasteiger partial charge in [-0.05, 0) is 48.9 Å². The third kappa shape index (κ3) is 3.99. The molecule has 0 saturated heterocycles. The number of aliphatic hydroxyl groups is 1. The van der Waals surface area contributed by atoms with Gasteiger partial charge in [-0.3, -0.25) is 9.36 Å². The number of nitrogens with two attached hydrogens (primary N) is 1. The number of hydrogen-bond donors (Lipinski definition) is 3. The smallest absolute Gasteiger partial charge is 0.211 e. The van der Waals surface area contributed by atoms with E-state index in [0.717, 1.165) is 16.8 Å². The maximum Gasteiger partial charge on any atom is 0.211 e. The van der Waals surface area contributed by atoms with E-state index in [1.54, 1.807) is 18.5 Å². The molecule has 32 heavy (non-hydrogen) atoms. The minimum Gasteiger partial charge on any atom is -0.392 e. The molecule has 4 aromatic rings. The Morgan fingerprint density at radius 1 is 1.16 bits per heavy atom. The molecule has 0 saturated carbocycles. The second kappa shape index (κ2) is 9.23. The fourth-order valence-electron chi connectivity index (χ4n) is 3.41. The average Bonchev–Trinajstić information content (AvgIpc) is 3.20. The first-order chi connectivity index (χ1) is 15.7. The summed E-state index contributed by atoms with van der Waals surface area (Å²) in [6, 6.07) is 14.9. The molecule has 8 heteroatoms. The van der Waals surface area contributed by atoms with Crippen molar-refractivity contribution in [2.45, 2.75) is 13.5 Å². The van der Waals surface area contributed by atoms with Gasteiger partial charge in [-0.2, -0.15) is 0 Å². The Hall–Kier alpha value is -4.30. The van der Waals surface area contributed by atoms with Gasteiger partial charge in [0, 0.05) is 23.7 Å². The molecule has 0 aliphatic heterocycles. The molecule has 1 aromatic carbocycles. The highest BCUT2D eigenvalue weighted by Crippen LogP contribution is 2.31. The third-order valence-corrected chi connectivity index (χ3v) is 4.91. The first-order valence-corrected chi connectivity index (χ1v) is 9.99. The SMILES string of the molecule is C/C=C\C(=C/NC=O)c1ccc2nc(-c3cccnc3N)n(-c3ccc(CO)cc3)c2n1. The number of carbonyl (C=O) groups is 1. The summed E-state index contributed by atoms with van der Waals surface area (Å²) in [6.45, 7) is 1.85. The average molecular weight is 426 g/mol. The first kappa shape index (κ1) is 21.0. The van der Waals surface area contributed by atoms with Gasteiger partial charge in [0.15, 0.2) is 11.5 Å². The number of nitrogen functional groups attached to an aromatic ring is 1. The van der Waals surface area contributed by atoms with Gasteiger partial charge >= 0.3 is 0 Å². The Balaban J connectivity index is 1.99. The van der Waals surface area contributed by atoms with Crippen molar-refractivity contribution in [1.29, 1.82) is 0 Å². The monoisotopic (exact) mass is 426 g/mol. The number of nitrogens with zero attached hydrogens (tertiary/aromatic N) is 4. The number of aromatic nitrogens is 4. The van der Waals surface area contributed by atoms with Crippen molar-refractivity contribution in [1.82, 2.24) is 24.8 Å². The number of anilines is 1. The number of hydrogen-bond acceptors (Lipinski definition) is 6. The third-order valence-electron chi connectivity index (χ3n) is 4.91. The molecule has 0 unspecified atom stereocenters. The molecule has 0 aliphatic carbocycles. The molecule has 0 fully saturated rings. The topological polar surface area (TPSA) is 119 Å². The number of amides is 1. The van der Waals surface area contributed by atoms with Crippen molar-refractivity contribution in [3.8, 4) is 17.1 Å². The summed E-state index contributed by atoms with van der Waals surface area (Å²) in [4.78, 5) is 24.6. The lowest BCUT2D eigenvalue weighted by molar-refractivity contribution is -0.108. The summed E-state index contributed by atoms with van der Waals surface area (Å²) in [5.41, 5.74) is 11.2. The number of pyridine rings is 2. The van der Waals surface area contributed by atoms with Crippen LogP contribution >= 0.6 is 0 Å². The zero-order valence-electron chi connectivity index (χ0n) is 17.4. The van der Waals surface area contributed by atoms with E-state index in [-0.39, 0.29) is 6.61 Å². The van der Waals surface area contributed by atoms with Crippen LogP contribution in [0.4, 0.5) is 5.82 Å². The predicted molar refractivity (Wildman–Crippen MR) is 124 cm³/mol. The van der Waals surface area contributed by atoms with E-state index in [2.05, 4.69) is 10.3 Å². The van der Waals surface area contributed by atoms with E-state index in [4.69, 9.17) is 15.7 Å². The fourth-order valence-corrected chi connectivity index (χ4v) is 3.41. The van der Waals surface area contributed by atoms with E-state index in [0.29, 0.717) is 40.5 Å². The van der Waals surface area contributed by atoms with Crippen molar-refractivity contribution in [2.75, 3.05) is 5.73 Å². The molecule has 0 radical (unpaired) electrons. The van der Waals surface area contributed by atoms with Gasteiger partial charge in [0.05, 0.1) is 17.9 Å². The van der Waals surface area contributed by atoms with Crippen molar-refractivity contribution < 1.29 is 9.90 Å². The van der Waals surface area contributed by atoms with E-state index >= 15 is 0 Å². The Labute approximate surface area is 184 Å². The van der Waals surface area contributed by atoms with Crippen LogP contribution < -0.4 is 11.1 Å². The molecular weight excluding hydrogens is 404 g/mol. The summed E-state index contributed by atoms with van der Waals surface area (Å²) >= 11 is 0. The molecule has 3 aromatic heterocycles. The summed E-state index contributed by atoms with van der Waals surface area (Å²) < 4.78 is 1.91. The Kier molecular flexibility index (Phi) is 6.05. The number of carbonyl (C=O) groups excluding carboxylic acids is 1. The van der Waals surface area contributed by atoms with Crippen molar-refractivity contribution in [3.63, 3.8) is 0 Å². The Morgan fingerprint density at radius 3 is 2.66 bits per heavy atom. The molecule has 1 amide bonds. The Morgan fingerprint density at radius 2 is 1.97 bits per heavy atom. The standard InChI is InChI=1S/C24H22N6O2/c1-2-4-17(13-26-15-32)20-10-11-21-24(28-20)30(18-8-6-16(14-31)7-9-18)23(29-21)19-5-3-12-27-22(19)25/h2-13,15,31H,14H2,1H3,(H2,25,27)(H,26,32)/b4-2-,17-13+. The number of rotatable bonds is 7. The van der Waals surface area contributed by atoms with Crippen LogP contribution in [0.25, 0.3) is 33.8 Å². The zero-order valence-corrected chi connectivity index (χ0v) is 17.4. The molecule has 4 rings (SSSR count). The van der Waals surface area contributed by atoms with Gasteiger partial charge in [0.25, 0.3) is 0 Å². The number of imidazole rings is 1. The molecule has 0 aliphatic rings. The van der Waals surface area contributed by atoms with E-state index in [9.17, 15) is 9.90 Å². The van der Waals surface area contributed by atoms with Gasteiger partial charge < -0.3 is 16.2 Å². The second-order valence-electron chi connectivity index (χ2n) is 6.96. The molecular formula is C24H22N6O2. The number of fused-ring (bicyclic) bond motifs is 1. The normalized spacial score (nSPS) is 11.9. The van der Waals surface area contributed by atoms with Crippen LogP contribution in [0.3, 0.4) is 0 Å². The quantitative estimate of drug-likeness (QED) is 0.308. The minimum atomic E-state index is -0.0446. The lowest BCUT2D eigenvalue weighted by Crippen LogP contribution is -2.04. The molecule has 4 N–H and O–H groups in total. The number of aliphatic hydroxyl groups excluding tert-OH is 1. The van der Waals surface area contributed by atoms with Crippen LogP contribution in [0.1, 0.15) is 18.2 Å². The largest absolute Gasteiger partial charge is 0.392 e. The highest BCUT2D eigenvalue weighted by molar-refractivity contribution is 5.85. The maximum absolute atomic E-state index is 10.8. The van der Waals surface area contributed by atoms with Gasteiger partial charge in [-0.25, -0.2) is 15.0 Å². The number of nitrogens with one attached hydrogen (secondary N) is 1. The predicted octanol–water partition coefficient (Wildman–Crippen LogP) is 3.22. The summed E-state index contributed by atoms with van der Waals surface area (Å²) in [5.74, 6) is 0.968. The lowest BCUT2D eigenvalue weighted by atomic mass is 10.1. The lowest BCUT2D eigenvalue weighted by Gasteiger charge is -2.11. The fraction of sp³-hybridized carbons (Fsp3) is 0.0833. The van der Waals surface area contributed by atoms with Crippen LogP contribution in [-0.4, -0.2) is 31.0 Å². The van der Waals surface area contributed by atoms with Gasteiger partial charge in [-0.15, -0.1) is 0 Å². The van der Waals surface area contributed by atoms with E-state index in [1.807, 2.05) is 66.1 Å². The summed E-state index contributed by atoms with van der Waals surface area (Å²) in [6.07, 6.45) is 7.57. The van der Waals surface area contributed by atoms with Gasteiger partial charge in [0.2, 0.25) is 6.41 Å². The molecule has 8 nitrogen and oxygen atoms in total. The van der Waals surface area contributed by atoms with Gasteiger partial charge in [-0.1, -0.05) is 24.3 Å². The van der Waals surface area contributed by atoms with Crippen LogP contribution in [0, 0.1) is 0 Å². The van der Waals surface area contributed by atoms with Crippen LogP contribution in [0.2, 0.25) is 0 Å². The van der Waals surface area contributed by atoms with Crippen LogP contribution in [-0.2, 0) is 11.4 Å². The van der Waals surface area contributed by atoms with Crippen LogP contribution in [0.15, 0.2) is 73.1 Å². The summed E-state index contributed by atoms with van der Waals surface area (Å²) in [5, 5.41) is 12.0. The Bertz CT molecular complexity index is 1320. The second-order valence-corrected chi connectivity index (χ2v) is 6.96. The minimum absolute atomic E-state index is 0.0446. The molecule has 0 atom stereocenters. The molecule has 0 spiro atoms. The van der Waals surface area contributed by atoms with Gasteiger partial charge in [0.1, 0.15) is 11.3 Å². The van der Waals surface area contributed by atoms with Crippen molar-refractivity contribution in [3.05, 3.63) is 84.3 Å². The number of allylic oxidation sites excluding steroid dienone is 3. The molecule has 160 valence electrons. The highest BCUT2D eigenvalue weighted by atomic mass is 16.3. The van der Waals surface area contributed by atoms with E-state index < -0.39 is 0 Å². The highest BCUT2D eigenvalue weighted by Gasteiger charge is 2.18. The van der Waals surface area contributed by atoms with E-state index in [1.165, 1.54) is 0 Å². The van der Waals surface area contributed by atoms with Crippen LogP contribution in [0.5, 0.6) is 0 Å². The zero-order chi connectivity index (χ0) is 22.5.